The fourth-order valence-corrected chi connectivity index (χ4v) is 5.28. The van der Waals surface area contributed by atoms with Gasteiger partial charge < -0.3 is 31.5 Å². The van der Waals surface area contributed by atoms with Gasteiger partial charge in [-0.05, 0) is 38.2 Å². The van der Waals surface area contributed by atoms with E-state index in [4.69, 9.17) is 5.73 Å². The van der Waals surface area contributed by atoms with Crippen molar-refractivity contribution >= 4 is 17.5 Å². The molecule has 3 aliphatic carbocycles. The molecule has 3 aliphatic rings. The smallest absolute Gasteiger partial charge is 0.255 e. The summed E-state index contributed by atoms with van der Waals surface area (Å²) in [6.07, 6.45) is 0.375. The lowest BCUT2D eigenvalue weighted by atomic mass is 9.60. The van der Waals surface area contributed by atoms with Crippen LogP contribution in [0, 0.1) is 17.7 Å². The zero-order valence-electron chi connectivity index (χ0n) is 18.8. The number of hydrogen-bond donors (Lipinski definition) is 6. The fraction of sp³-hybridized carbons (Fsp3) is 0.458. The third-order valence-electron chi connectivity index (χ3n) is 7.32. The Hall–Kier alpha value is -3.24. The summed E-state index contributed by atoms with van der Waals surface area (Å²) < 4.78 is 15.4. The molecule has 0 saturated heterocycles. The second-order valence-corrected chi connectivity index (χ2v) is 9.32. The lowest BCUT2D eigenvalue weighted by molar-refractivity contribution is -0.144. The number of aliphatic hydroxyl groups is 3. The Morgan fingerprint density at radius 1 is 1.29 bits per heavy atom. The predicted molar refractivity (Wildman–Crippen MR) is 117 cm³/mol. The molecule has 1 aromatic rings. The lowest BCUT2D eigenvalue weighted by Gasteiger charge is -2.45. The van der Waals surface area contributed by atoms with Gasteiger partial charge in [0.1, 0.15) is 28.7 Å². The van der Waals surface area contributed by atoms with E-state index in [9.17, 15) is 34.8 Å². The van der Waals surface area contributed by atoms with Gasteiger partial charge in [0, 0.05) is 41.6 Å². The topological polar surface area (TPSA) is 170 Å². The van der Waals surface area contributed by atoms with E-state index in [0.29, 0.717) is 0 Å². The second-order valence-electron chi connectivity index (χ2n) is 9.32. The van der Waals surface area contributed by atoms with E-state index in [-0.39, 0.29) is 54.1 Å². The van der Waals surface area contributed by atoms with Crippen LogP contribution in [0.1, 0.15) is 54.6 Å². The molecule has 0 aromatic heterocycles. The number of amides is 1. The van der Waals surface area contributed by atoms with Crippen LogP contribution in [-0.2, 0) is 22.6 Å². The molecule has 10 heteroatoms. The number of rotatable bonds is 5. The molecule has 0 radical (unpaired) electrons. The van der Waals surface area contributed by atoms with Crippen molar-refractivity contribution in [3.63, 3.8) is 0 Å². The molecular formula is C24H27FN2O7. The van der Waals surface area contributed by atoms with E-state index >= 15 is 4.39 Å². The first-order valence-corrected chi connectivity index (χ1v) is 11.2. The zero-order valence-corrected chi connectivity index (χ0v) is 18.8. The van der Waals surface area contributed by atoms with Gasteiger partial charge >= 0.3 is 0 Å². The number of fused-ring (bicyclic) bond motifs is 3. The third kappa shape index (κ3) is 3.32. The number of hydrogen-bond acceptors (Lipinski definition) is 8. The highest BCUT2D eigenvalue weighted by Gasteiger charge is 2.59. The number of nitrogens with one attached hydrogen (secondary N) is 1. The van der Waals surface area contributed by atoms with Crippen molar-refractivity contribution in [2.24, 2.45) is 17.6 Å². The SMILES string of the molecule is CC[C@@H](C)NCc1cc(O)c2c(c1F)CC1C[C@H]3CC(O)=C(C(N)=O)C(=O)[C@@]3(O)C(O)=C1C2=O. The number of Topliss-reactive ketones (excluding diaryl/α,β-unsaturated/α-hetero) is 2. The van der Waals surface area contributed by atoms with Gasteiger partial charge in [0.15, 0.2) is 11.4 Å². The molecule has 0 aliphatic heterocycles. The van der Waals surface area contributed by atoms with Crippen LogP contribution in [0.3, 0.4) is 0 Å². The first-order valence-electron chi connectivity index (χ1n) is 11.2. The lowest BCUT2D eigenvalue weighted by Crippen LogP contribution is -2.57. The molecule has 0 fully saturated rings. The molecule has 1 unspecified atom stereocenters. The minimum absolute atomic E-state index is 0.00216. The normalized spacial score (nSPS) is 27.3. The maximum absolute atomic E-state index is 15.4. The van der Waals surface area contributed by atoms with Crippen LogP contribution < -0.4 is 11.1 Å². The first-order chi connectivity index (χ1) is 15.9. The van der Waals surface area contributed by atoms with E-state index in [1.807, 2.05) is 13.8 Å². The van der Waals surface area contributed by atoms with Gasteiger partial charge in [-0.3, -0.25) is 14.4 Å². The first kappa shape index (κ1) is 23.9. The summed E-state index contributed by atoms with van der Waals surface area (Å²) in [6.45, 7) is 4.04. The van der Waals surface area contributed by atoms with E-state index < -0.39 is 63.6 Å². The molecule has 1 aromatic carbocycles. The van der Waals surface area contributed by atoms with Crippen LogP contribution >= 0.6 is 0 Å². The minimum Gasteiger partial charge on any atom is -0.511 e. The third-order valence-corrected chi connectivity index (χ3v) is 7.32. The molecule has 1 amide bonds. The molecule has 0 bridgehead atoms. The molecule has 0 heterocycles. The molecule has 34 heavy (non-hydrogen) atoms. The van der Waals surface area contributed by atoms with Gasteiger partial charge in [-0.1, -0.05) is 6.92 Å². The summed E-state index contributed by atoms with van der Waals surface area (Å²) in [5.41, 5.74) is 1.24. The molecule has 4 rings (SSSR count). The minimum atomic E-state index is -2.64. The molecule has 9 nitrogen and oxygen atoms in total. The fourth-order valence-electron chi connectivity index (χ4n) is 5.28. The van der Waals surface area contributed by atoms with Gasteiger partial charge in [-0.15, -0.1) is 0 Å². The van der Waals surface area contributed by atoms with Crippen LogP contribution in [0.5, 0.6) is 5.75 Å². The van der Waals surface area contributed by atoms with Gasteiger partial charge in [0.2, 0.25) is 5.78 Å². The van der Waals surface area contributed by atoms with Crippen LogP contribution in [0.15, 0.2) is 28.7 Å². The van der Waals surface area contributed by atoms with Crippen molar-refractivity contribution in [1.29, 1.82) is 0 Å². The van der Waals surface area contributed by atoms with Gasteiger partial charge in [-0.2, -0.15) is 0 Å². The Kier molecular flexibility index (Phi) is 5.77. The molecule has 0 saturated carbocycles. The van der Waals surface area contributed by atoms with E-state index in [1.54, 1.807) is 0 Å². The number of phenols is 1. The zero-order chi connectivity index (χ0) is 25.1. The maximum atomic E-state index is 15.4. The quantitative estimate of drug-likeness (QED) is 0.350. The number of aliphatic hydroxyl groups excluding tert-OH is 2. The van der Waals surface area contributed by atoms with Crippen molar-refractivity contribution in [3.05, 3.63) is 51.2 Å². The summed E-state index contributed by atoms with van der Waals surface area (Å²) >= 11 is 0. The summed E-state index contributed by atoms with van der Waals surface area (Å²) in [5, 5.41) is 46.0. The summed E-state index contributed by atoms with van der Waals surface area (Å²) in [5.74, 6) is -7.97. The number of ketones is 2. The number of halogens is 1. The van der Waals surface area contributed by atoms with Crippen molar-refractivity contribution < 1.29 is 39.2 Å². The van der Waals surface area contributed by atoms with Crippen LogP contribution in [0.25, 0.3) is 0 Å². The Balaban J connectivity index is 1.81. The predicted octanol–water partition coefficient (Wildman–Crippen LogP) is 1.61. The van der Waals surface area contributed by atoms with Crippen LogP contribution in [-0.4, -0.2) is 49.5 Å². The molecule has 182 valence electrons. The van der Waals surface area contributed by atoms with Gasteiger partial charge in [0.25, 0.3) is 5.91 Å². The number of primary amides is 1. The Morgan fingerprint density at radius 3 is 2.59 bits per heavy atom. The molecule has 0 spiro atoms. The number of allylic oxidation sites excluding steroid dienone is 2. The van der Waals surface area contributed by atoms with E-state index in [2.05, 4.69) is 5.32 Å². The number of benzene rings is 1. The van der Waals surface area contributed by atoms with Crippen molar-refractivity contribution in [3.8, 4) is 5.75 Å². The number of aromatic hydroxyl groups is 1. The summed E-state index contributed by atoms with van der Waals surface area (Å²) in [4.78, 5) is 37.9. The standard InChI is InChI=1S/C24H27FN2O7/c1-3-9(2)27-8-11-6-14(28)17-13(19(11)25)5-10-4-12-7-15(29)18(23(26)33)22(32)24(12,34)21(31)16(10)20(17)30/h6,9-10,12,27-29,31,34H,3-5,7-8H2,1-2H3,(H2,26,33)/t9-,10?,12+,24+/m1/s1. The monoisotopic (exact) mass is 474 g/mol. The number of nitrogens with two attached hydrogens (primary N) is 1. The number of carbonyl (C=O) groups is 3. The highest BCUT2D eigenvalue weighted by molar-refractivity contribution is 6.24. The average molecular weight is 474 g/mol. The Morgan fingerprint density at radius 2 is 1.97 bits per heavy atom. The summed E-state index contributed by atoms with van der Waals surface area (Å²) in [6, 6.07) is 1.26. The van der Waals surface area contributed by atoms with Gasteiger partial charge in [0.05, 0.1) is 5.56 Å². The Labute approximate surface area is 194 Å². The van der Waals surface area contributed by atoms with E-state index in [0.717, 1.165) is 12.5 Å². The van der Waals surface area contributed by atoms with Crippen LogP contribution in [0.4, 0.5) is 4.39 Å². The largest absolute Gasteiger partial charge is 0.511 e. The van der Waals surface area contributed by atoms with Crippen LogP contribution in [0.2, 0.25) is 0 Å². The number of carbonyl (C=O) groups excluding carboxylic acids is 3. The molecular weight excluding hydrogens is 447 g/mol. The van der Waals surface area contributed by atoms with Gasteiger partial charge in [-0.25, -0.2) is 4.39 Å². The molecule has 4 atom stereocenters. The Bertz CT molecular complexity index is 1190. The average Bonchev–Trinajstić information content (AvgIpc) is 2.76. The maximum Gasteiger partial charge on any atom is 0.255 e. The van der Waals surface area contributed by atoms with Crippen molar-refractivity contribution in [2.75, 3.05) is 0 Å². The highest BCUT2D eigenvalue weighted by atomic mass is 19.1. The highest BCUT2D eigenvalue weighted by Crippen LogP contribution is 2.51. The second kappa shape index (κ2) is 8.21. The number of phenolic OH excluding ortho intramolecular Hbond substituents is 1. The van der Waals surface area contributed by atoms with Crippen molar-refractivity contribution in [1.82, 2.24) is 5.32 Å². The molecule has 7 N–H and O–H groups in total. The summed E-state index contributed by atoms with van der Waals surface area (Å²) in [7, 11) is 0. The van der Waals surface area contributed by atoms with E-state index in [1.165, 1.54) is 0 Å². The van der Waals surface area contributed by atoms with Crippen molar-refractivity contribution in [2.45, 2.75) is 57.7 Å².